The molecule has 130 valence electrons. The van der Waals surface area contributed by atoms with Gasteiger partial charge in [0, 0.05) is 12.0 Å². The van der Waals surface area contributed by atoms with E-state index in [2.05, 4.69) is 40.3 Å². The van der Waals surface area contributed by atoms with E-state index < -0.39 is 5.97 Å². The average molecular weight is 344 g/mol. The summed E-state index contributed by atoms with van der Waals surface area (Å²) in [5.41, 5.74) is 1.31. The molecule has 1 N–H and O–H groups in total. The number of rotatable bonds is 5. The third-order valence-electron chi connectivity index (χ3n) is 3.20. The number of esters is 1. The number of hydrogen-bond acceptors (Lipinski definition) is 9. The zero-order valence-electron chi connectivity index (χ0n) is 14.1. The lowest BCUT2D eigenvalue weighted by molar-refractivity contribution is -0.134. The molecule has 0 aliphatic carbocycles. The number of H-pyrrole nitrogens is 1. The summed E-state index contributed by atoms with van der Waals surface area (Å²) in [4.78, 5) is 18.4. The number of nitrogens with zero attached hydrogens (tertiary/aromatic N) is 7. The number of carbonyl (C=O) groups is 1. The van der Waals surface area contributed by atoms with Crippen molar-refractivity contribution in [3.05, 3.63) is 23.4 Å². The first-order valence-corrected chi connectivity index (χ1v) is 7.45. The topological polar surface area (TPSA) is 136 Å². The van der Waals surface area contributed by atoms with Crippen LogP contribution in [-0.4, -0.2) is 43.0 Å². The van der Waals surface area contributed by atoms with Gasteiger partial charge in [0.05, 0.1) is 7.11 Å². The first kappa shape index (κ1) is 16.5. The number of azo groups is 1. The van der Waals surface area contributed by atoms with Gasteiger partial charge in [0.2, 0.25) is 0 Å². The zero-order chi connectivity index (χ0) is 18.0. The van der Waals surface area contributed by atoms with Gasteiger partial charge in [0.15, 0.2) is 17.2 Å². The molecule has 0 aliphatic heterocycles. The predicted molar refractivity (Wildman–Crippen MR) is 85.7 cm³/mol. The van der Waals surface area contributed by atoms with Crippen LogP contribution >= 0.6 is 0 Å². The number of nitrogens with one attached hydrogen (secondary N) is 1. The van der Waals surface area contributed by atoms with Crippen LogP contribution in [-0.2, 0) is 9.53 Å². The van der Waals surface area contributed by atoms with Gasteiger partial charge in [-0.2, -0.15) is 4.98 Å². The monoisotopic (exact) mass is 344 g/mol. The fourth-order valence-electron chi connectivity index (χ4n) is 1.95. The number of aryl methyl sites for hydroxylation is 1. The van der Waals surface area contributed by atoms with E-state index in [1.54, 1.807) is 6.92 Å². The lowest BCUT2D eigenvalue weighted by atomic mass is 10.2. The molecule has 0 bridgehead atoms. The minimum absolute atomic E-state index is 0.0170. The van der Waals surface area contributed by atoms with Gasteiger partial charge in [-0.15, -0.1) is 19.9 Å². The van der Waals surface area contributed by atoms with E-state index in [1.807, 2.05) is 13.8 Å². The van der Waals surface area contributed by atoms with E-state index in [1.165, 1.54) is 23.9 Å². The van der Waals surface area contributed by atoms with E-state index in [0.29, 0.717) is 22.9 Å². The molecule has 3 aromatic heterocycles. The maximum Gasteiger partial charge on any atom is 0.366 e. The van der Waals surface area contributed by atoms with Crippen LogP contribution in [0.1, 0.15) is 37.1 Å². The van der Waals surface area contributed by atoms with Gasteiger partial charge in [0.1, 0.15) is 11.5 Å². The molecule has 0 aromatic carbocycles. The molecule has 0 fully saturated rings. The van der Waals surface area contributed by atoms with E-state index in [9.17, 15) is 4.79 Å². The Morgan fingerprint density at radius 3 is 2.80 bits per heavy atom. The van der Waals surface area contributed by atoms with Crippen molar-refractivity contribution >= 4 is 29.4 Å². The fraction of sp³-hybridized carbons (Fsp3) is 0.357. The van der Waals surface area contributed by atoms with Crippen molar-refractivity contribution in [2.45, 2.75) is 26.7 Å². The molecular weight excluding hydrogens is 328 g/mol. The van der Waals surface area contributed by atoms with Crippen LogP contribution in [0.15, 0.2) is 20.8 Å². The highest BCUT2D eigenvalue weighted by atomic mass is 16.5. The van der Waals surface area contributed by atoms with Crippen molar-refractivity contribution in [3.63, 3.8) is 0 Å². The number of fused-ring (bicyclic) bond motifs is 1. The van der Waals surface area contributed by atoms with Crippen molar-refractivity contribution in [1.29, 1.82) is 0 Å². The average Bonchev–Trinajstić information content (AvgIpc) is 3.25. The highest BCUT2D eigenvalue weighted by Gasteiger charge is 2.17. The summed E-state index contributed by atoms with van der Waals surface area (Å²) in [6, 6.07) is 0.0170. The summed E-state index contributed by atoms with van der Waals surface area (Å²) in [6.07, 6.45) is 2.71. The Morgan fingerprint density at radius 2 is 2.16 bits per heavy atom. The Labute approximate surface area is 141 Å². The molecule has 0 aliphatic rings. The summed E-state index contributed by atoms with van der Waals surface area (Å²) in [6.45, 7) is 5.67. The Morgan fingerprint density at radius 1 is 1.36 bits per heavy atom. The molecule has 0 amide bonds. The SMILES string of the molecule is COC(=O)/C=C\c1nn2nc(C(C)C)[nH]c2c1/N=N/c1nc(C)no1. The standard InChI is InChI=1S/C14H16N8O3/c1-7(2)12-16-13-11(17-18-14-15-8(3)21-25-14)9(19-22(13)20-12)5-6-10(23)24-4/h5-7H,1-4H3,(H,16,20)/b6-5-,18-17+. The molecule has 25 heavy (non-hydrogen) atoms. The second-order valence-electron chi connectivity index (χ2n) is 5.42. The second kappa shape index (κ2) is 6.63. The lowest BCUT2D eigenvalue weighted by Crippen LogP contribution is -1.95. The molecule has 0 spiro atoms. The van der Waals surface area contributed by atoms with Crippen molar-refractivity contribution < 1.29 is 14.1 Å². The molecule has 3 rings (SSSR count). The quantitative estimate of drug-likeness (QED) is 0.426. The summed E-state index contributed by atoms with van der Waals surface area (Å²) in [5, 5.41) is 20.3. The molecule has 11 nitrogen and oxygen atoms in total. The Kier molecular flexibility index (Phi) is 4.37. The molecule has 0 saturated carbocycles. The van der Waals surface area contributed by atoms with E-state index in [4.69, 9.17) is 4.52 Å². The van der Waals surface area contributed by atoms with Crippen LogP contribution in [0.2, 0.25) is 0 Å². The first-order chi connectivity index (χ1) is 12.0. The normalized spacial score (nSPS) is 12.2. The first-order valence-electron chi connectivity index (χ1n) is 7.45. The number of carbonyl (C=O) groups excluding carboxylic acids is 1. The van der Waals surface area contributed by atoms with Gasteiger partial charge in [-0.3, -0.25) is 0 Å². The van der Waals surface area contributed by atoms with Crippen molar-refractivity contribution in [2.75, 3.05) is 7.11 Å². The number of hydrogen-bond donors (Lipinski definition) is 1. The van der Waals surface area contributed by atoms with Crippen LogP contribution in [0.3, 0.4) is 0 Å². The Hall–Kier alpha value is -3.37. The highest BCUT2D eigenvalue weighted by Crippen LogP contribution is 2.28. The minimum Gasteiger partial charge on any atom is -0.466 e. The number of aromatic amines is 1. The fourth-order valence-corrected chi connectivity index (χ4v) is 1.95. The van der Waals surface area contributed by atoms with E-state index in [0.717, 1.165) is 5.82 Å². The molecular formula is C14H16N8O3. The summed E-state index contributed by atoms with van der Waals surface area (Å²) in [5.74, 6) is 0.863. The maximum atomic E-state index is 11.3. The largest absolute Gasteiger partial charge is 0.466 e. The summed E-state index contributed by atoms with van der Waals surface area (Å²) >= 11 is 0. The number of ether oxygens (including phenoxy) is 1. The predicted octanol–water partition coefficient (Wildman–Crippen LogP) is 2.47. The maximum absolute atomic E-state index is 11.3. The van der Waals surface area contributed by atoms with Crippen LogP contribution in [0.4, 0.5) is 11.7 Å². The molecule has 0 radical (unpaired) electrons. The second-order valence-corrected chi connectivity index (χ2v) is 5.42. The van der Waals surface area contributed by atoms with Gasteiger partial charge in [0.25, 0.3) is 0 Å². The Balaban J connectivity index is 2.05. The zero-order valence-corrected chi connectivity index (χ0v) is 14.1. The number of aromatic nitrogens is 6. The number of methoxy groups -OCH3 is 1. The van der Waals surface area contributed by atoms with Crippen molar-refractivity contribution in [3.8, 4) is 0 Å². The Bertz CT molecular complexity index is 962. The van der Waals surface area contributed by atoms with Crippen LogP contribution in [0.25, 0.3) is 11.7 Å². The molecule has 3 aromatic rings. The minimum atomic E-state index is -0.511. The molecule has 3 heterocycles. The molecule has 11 heteroatoms. The van der Waals surface area contributed by atoms with Crippen LogP contribution in [0.5, 0.6) is 0 Å². The van der Waals surface area contributed by atoms with Crippen molar-refractivity contribution in [1.82, 2.24) is 30.0 Å². The smallest absolute Gasteiger partial charge is 0.366 e. The third kappa shape index (κ3) is 3.44. The lowest BCUT2D eigenvalue weighted by Gasteiger charge is -1.96. The molecule has 0 atom stereocenters. The summed E-state index contributed by atoms with van der Waals surface area (Å²) < 4.78 is 10.9. The summed E-state index contributed by atoms with van der Waals surface area (Å²) in [7, 11) is 1.29. The molecule has 0 unspecified atom stereocenters. The third-order valence-corrected chi connectivity index (χ3v) is 3.20. The van der Waals surface area contributed by atoms with Gasteiger partial charge in [-0.1, -0.05) is 24.1 Å². The highest BCUT2D eigenvalue weighted by molar-refractivity contribution is 5.88. The van der Waals surface area contributed by atoms with Crippen LogP contribution < -0.4 is 0 Å². The van der Waals surface area contributed by atoms with Gasteiger partial charge in [-0.05, 0) is 13.0 Å². The van der Waals surface area contributed by atoms with Gasteiger partial charge >= 0.3 is 12.0 Å². The van der Waals surface area contributed by atoms with Gasteiger partial charge < -0.3 is 14.2 Å². The van der Waals surface area contributed by atoms with Crippen LogP contribution in [0, 0.1) is 6.92 Å². The van der Waals surface area contributed by atoms with Crippen molar-refractivity contribution in [2.24, 2.45) is 10.2 Å². The van der Waals surface area contributed by atoms with Gasteiger partial charge in [-0.25, -0.2) is 4.79 Å². The molecule has 0 saturated heterocycles. The van der Waals surface area contributed by atoms with E-state index in [-0.39, 0.29) is 11.9 Å². The van der Waals surface area contributed by atoms with E-state index >= 15 is 0 Å².